The van der Waals surface area contributed by atoms with Crippen molar-refractivity contribution < 1.29 is 14.3 Å². The molecule has 7 nitrogen and oxygen atoms in total. The van der Waals surface area contributed by atoms with Crippen molar-refractivity contribution in [3.05, 3.63) is 34.9 Å². The topological polar surface area (TPSA) is 73.9 Å². The first kappa shape index (κ1) is 20.6. The lowest BCUT2D eigenvalue weighted by atomic mass is 10.0. The summed E-state index contributed by atoms with van der Waals surface area (Å²) >= 11 is 6.07. The van der Waals surface area contributed by atoms with Gasteiger partial charge in [-0.05, 0) is 30.5 Å². The van der Waals surface area contributed by atoms with Crippen molar-refractivity contribution in [1.82, 2.24) is 20.4 Å². The van der Waals surface area contributed by atoms with Crippen LogP contribution in [-0.2, 0) is 20.9 Å². The van der Waals surface area contributed by atoms with Crippen LogP contribution < -0.4 is 10.6 Å². The minimum atomic E-state index is -0.107. The van der Waals surface area contributed by atoms with E-state index in [2.05, 4.69) is 15.5 Å². The lowest BCUT2D eigenvalue weighted by Gasteiger charge is -2.37. The highest BCUT2D eigenvalue weighted by atomic mass is 35.5. The van der Waals surface area contributed by atoms with E-state index in [4.69, 9.17) is 16.3 Å². The molecule has 29 heavy (non-hydrogen) atoms. The minimum Gasteiger partial charge on any atom is -0.378 e. The lowest BCUT2D eigenvalue weighted by Crippen LogP contribution is -2.58. The Labute approximate surface area is 176 Å². The molecule has 0 aromatic heterocycles. The molecular weight excluding hydrogens is 392 g/mol. The summed E-state index contributed by atoms with van der Waals surface area (Å²) in [6, 6.07) is 8.18. The molecule has 0 saturated carbocycles. The maximum atomic E-state index is 12.5. The lowest BCUT2D eigenvalue weighted by molar-refractivity contribution is -0.136. The van der Waals surface area contributed by atoms with Crippen molar-refractivity contribution >= 4 is 23.4 Å². The Kier molecular flexibility index (Phi) is 6.70. The number of fused-ring (bicyclic) bond motifs is 1. The van der Waals surface area contributed by atoms with E-state index in [1.165, 1.54) is 0 Å². The number of amides is 2. The molecule has 3 atom stereocenters. The molecule has 3 aliphatic heterocycles. The zero-order chi connectivity index (χ0) is 20.2. The van der Waals surface area contributed by atoms with Crippen molar-refractivity contribution in [2.75, 3.05) is 39.4 Å². The summed E-state index contributed by atoms with van der Waals surface area (Å²) in [6.45, 7) is 4.79. The fourth-order valence-electron chi connectivity index (χ4n) is 4.56. The van der Waals surface area contributed by atoms with Crippen LogP contribution in [-0.4, -0.2) is 79.1 Å². The molecule has 1 aromatic rings. The maximum absolute atomic E-state index is 12.5. The van der Waals surface area contributed by atoms with Crippen LogP contribution in [0.3, 0.4) is 0 Å². The monoisotopic (exact) mass is 420 g/mol. The van der Waals surface area contributed by atoms with Gasteiger partial charge in [0, 0.05) is 56.3 Å². The van der Waals surface area contributed by atoms with E-state index in [9.17, 15) is 9.59 Å². The van der Waals surface area contributed by atoms with Crippen molar-refractivity contribution in [3.8, 4) is 0 Å². The van der Waals surface area contributed by atoms with Crippen LogP contribution in [0, 0.1) is 0 Å². The average Bonchev–Trinajstić information content (AvgIpc) is 3.18. The number of ether oxygens (including phenoxy) is 1. The smallest absolute Gasteiger partial charge is 0.237 e. The summed E-state index contributed by atoms with van der Waals surface area (Å²) in [6.07, 6.45) is 2.08. The van der Waals surface area contributed by atoms with Gasteiger partial charge in [0.05, 0.1) is 19.3 Å². The third-order valence-electron chi connectivity index (χ3n) is 6.16. The molecule has 3 fully saturated rings. The Balaban J connectivity index is 1.30. The van der Waals surface area contributed by atoms with Crippen LogP contribution >= 0.6 is 11.6 Å². The second-order valence-electron chi connectivity index (χ2n) is 8.09. The van der Waals surface area contributed by atoms with Crippen LogP contribution in [0.5, 0.6) is 0 Å². The van der Waals surface area contributed by atoms with Gasteiger partial charge in [-0.1, -0.05) is 23.7 Å². The summed E-state index contributed by atoms with van der Waals surface area (Å²) in [4.78, 5) is 29.1. The van der Waals surface area contributed by atoms with Gasteiger partial charge < -0.3 is 20.3 Å². The van der Waals surface area contributed by atoms with Crippen LogP contribution in [0.1, 0.15) is 24.8 Å². The van der Waals surface area contributed by atoms with Gasteiger partial charge in [-0.3, -0.25) is 14.5 Å². The van der Waals surface area contributed by atoms with Gasteiger partial charge in [-0.25, -0.2) is 0 Å². The van der Waals surface area contributed by atoms with Gasteiger partial charge in [-0.15, -0.1) is 0 Å². The second-order valence-corrected chi connectivity index (χ2v) is 8.52. The number of halogens is 1. The molecule has 8 heteroatoms. The van der Waals surface area contributed by atoms with Gasteiger partial charge in [0.15, 0.2) is 0 Å². The second kappa shape index (κ2) is 9.43. The molecule has 3 aliphatic rings. The van der Waals surface area contributed by atoms with E-state index < -0.39 is 0 Å². The third kappa shape index (κ3) is 5.09. The number of nitrogens with one attached hydrogen (secondary N) is 2. The summed E-state index contributed by atoms with van der Waals surface area (Å²) in [5, 5.41) is 7.34. The Morgan fingerprint density at radius 3 is 2.93 bits per heavy atom. The van der Waals surface area contributed by atoms with E-state index in [0.29, 0.717) is 39.3 Å². The van der Waals surface area contributed by atoms with Crippen LogP contribution in [0.15, 0.2) is 24.3 Å². The summed E-state index contributed by atoms with van der Waals surface area (Å²) in [5.74, 6) is 0.296. The van der Waals surface area contributed by atoms with E-state index in [0.717, 1.165) is 36.5 Å². The number of carbonyl (C=O) groups excluding carboxylic acids is 2. The van der Waals surface area contributed by atoms with E-state index in [1.807, 2.05) is 29.2 Å². The van der Waals surface area contributed by atoms with Crippen LogP contribution in [0.2, 0.25) is 5.02 Å². The number of hydrogen-bond acceptors (Lipinski definition) is 5. The van der Waals surface area contributed by atoms with Crippen LogP contribution in [0.4, 0.5) is 0 Å². The Bertz CT molecular complexity index is 740. The average molecular weight is 421 g/mol. The summed E-state index contributed by atoms with van der Waals surface area (Å²) in [7, 11) is 0. The van der Waals surface area contributed by atoms with Gasteiger partial charge in [-0.2, -0.15) is 0 Å². The van der Waals surface area contributed by atoms with Crippen molar-refractivity contribution in [2.24, 2.45) is 0 Å². The van der Waals surface area contributed by atoms with Crippen molar-refractivity contribution in [1.29, 1.82) is 0 Å². The summed E-state index contributed by atoms with van der Waals surface area (Å²) in [5.41, 5.74) is 1.14. The van der Waals surface area contributed by atoms with Gasteiger partial charge in [0.2, 0.25) is 11.8 Å². The first-order valence-corrected chi connectivity index (χ1v) is 10.8. The molecule has 158 valence electrons. The number of benzene rings is 1. The fraction of sp³-hybridized carbons (Fsp3) is 0.619. The quantitative estimate of drug-likeness (QED) is 0.718. The Morgan fingerprint density at radius 1 is 1.31 bits per heavy atom. The predicted octanol–water partition coefficient (Wildman–Crippen LogP) is 1.01. The molecule has 0 unspecified atom stereocenters. The zero-order valence-electron chi connectivity index (χ0n) is 16.6. The molecule has 3 heterocycles. The highest BCUT2D eigenvalue weighted by molar-refractivity contribution is 6.30. The van der Waals surface area contributed by atoms with Gasteiger partial charge >= 0.3 is 0 Å². The predicted molar refractivity (Wildman–Crippen MR) is 111 cm³/mol. The van der Waals surface area contributed by atoms with E-state index in [1.54, 1.807) is 0 Å². The standard InChI is InChI=1S/C21H29ClN4O3/c22-16-3-1-2-15(10-16)12-23-17-11-19-21(28)24-13-18(26(19)14-17)4-5-20(27)25-6-8-29-9-7-25/h1-3,10,17-19,23H,4-9,11-14H2,(H,24,28)/t17-,18-,19-/m1/s1. The molecule has 4 rings (SSSR count). The Morgan fingerprint density at radius 2 is 2.14 bits per heavy atom. The fourth-order valence-corrected chi connectivity index (χ4v) is 4.77. The summed E-state index contributed by atoms with van der Waals surface area (Å²) < 4.78 is 5.32. The number of nitrogens with zero attached hydrogens (tertiary/aromatic N) is 2. The third-order valence-corrected chi connectivity index (χ3v) is 6.40. The van der Waals surface area contributed by atoms with Crippen LogP contribution in [0.25, 0.3) is 0 Å². The molecule has 1 aromatic carbocycles. The molecule has 2 N–H and O–H groups in total. The minimum absolute atomic E-state index is 0.104. The van der Waals surface area contributed by atoms with Crippen molar-refractivity contribution in [2.45, 2.75) is 43.9 Å². The molecule has 3 saturated heterocycles. The number of rotatable bonds is 6. The number of carbonyl (C=O) groups is 2. The maximum Gasteiger partial charge on any atom is 0.237 e. The first-order valence-electron chi connectivity index (χ1n) is 10.5. The SMILES string of the molecule is O=C1NC[C@@H](CCC(=O)N2CCOCC2)N2C[C@H](NCc3cccc(Cl)c3)C[C@H]12. The van der Waals surface area contributed by atoms with Gasteiger partial charge in [0.25, 0.3) is 0 Å². The highest BCUT2D eigenvalue weighted by Crippen LogP contribution is 2.26. The van der Waals surface area contributed by atoms with E-state index in [-0.39, 0.29) is 29.9 Å². The molecule has 2 amide bonds. The molecule has 0 radical (unpaired) electrons. The molecular formula is C21H29ClN4O3. The van der Waals surface area contributed by atoms with Crippen molar-refractivity contribution in [3.63, 3.8) is 0 Å². The zero-order valence-corrected chi connectivity index (χ0v) is 17.4. The van der Waals surface area contributed by atoms with E-state index >= 15 is 0 Å². The number of piperazine rings is 1. The first-order chi connectivity index (χ1) is 14.1. The van der Waals surface area contributed by atoms with Gasteiger partial charge in [0.1, 0.15) is 0 Å². The largest absolute Gasteiger partial charge is 0.378 e. The highest BCUT2D eigenvalue weighted by Gasteiger charge is 2.43. The normalized spacial score (nSPS) is 27.6. The number of hydrogen-bond donors (Lipinski definition) is 2. The molecule has 0 bridgehead atoms. The number of morpholine rings is 1. The molecule has 0 spiro atoms. The Hall–Kier alpha value is -1.67. The molecule has 0 aliphatic carbocycles.